The summed E-state index contributed by atoms with van der Waals surface area (Å²) in [6.07, 6.45) is 1.18. The summed E-state index contributed by atoms with van der Waals surface area (Å²) in [5, 5.41) is 13.5. The number of carbonyl (C=O) groups is 3. The third-order valence-corrected chi connectivity index (χ3v) is 9.04. The molecule has 1 aromatic rings. The van der Waals surface area contributed by atoms with E-state index in [2.05, 4.69) is 5.32 Å². The van der Waals surface area contributed by atoms with Gasteiger partial charge in [0.15, 0.2) is 0 Å². The maximum absolute atomic E-state index is 14.2. The predicted octanol–water partition coefficient (Wildman–Crippen LogP) is 3.22. The average molecular weight is 501 g/mol. The number of fused-ring (bicyclic) bond motifs is 1. The maximum Gasteiger partial charge on any atom is 0.312 e. The van der Waals surface area contributed by atoms with E-state index in [0.29, 0.717) is 18.5 Å². The molecule has 1 aromatic carbocycles. The monoisotopic (exact) mass is 500 g/mol. The van der Waals surface area contributed by atoms with Crippen LogP contribution in [0.5, 0.6) is 0 Å². The largest absolute Gasteiger partial charge is 0.466 e. The van der Waals surface area contributed by atoms with Crippen molar-refractivity contribution in [3.8, 4) is 0 Å². The van der Waals surface area contributed by atoms with Crippen LogP contribution in [0.2, 0.25) is 0 Å². The number of aliphatic hydroxyl groups excluding tert-OH is 1. The van der Waals surface area contributed by atoms with Crippen molar-refractivity contribution in [1.29, 1.82) is 0 Å². The summed E-state index contributed by atoms with van der Waals surface area (Å²) in [5.41, 5.74) is 0.485. The molecular weight excluding hydrogens is 460 g/mol. The number of rotatable bonds is 8. The Labute approximate surface area is 213 Å². The van der Waals surface area contributed by atoms with Gasteiger partial charge in [-0.05, 0) is 63.1 Å². The lowest BCUT2D eigenvalue weighted by atomic mass is 9.62. The molecule has 3 heterocycles. The van der Waals surface area contributed by atoms with Gasteiger partial charge in [0, 0.05) is 5.69 Å². The van der Waals surface area contributed by atoms with E-state index in [-0.39, 0.29) is 36.9 Å². The van der Waals surface area contributed by atoms with Gasteiger partial charge in [-0.15, -0.1) is 0 Å². The summed E-state index contributed by atoms with van der Waals surface area (Å²) in [5.74, 6) is -2.92. The molecule has 3 unspecified atom stereocenters. The molecule has 3 fully saturated rings. The molecule has 2 N–H and O–H groups in total. The molecular formula is C28H40N2O6. The van der Waals surface area contributed by atoms with Gasteiger partial charge < -0.3 is 24.8 Å². The summed E-state index contributed by atoms with van der Waals surface area (Å²) >= 11 is 0. The zero-order valence-electron chi connectivity index (χ0n) is 22.5. The van der Waals surface area contributed by atoms with Gasteiger partial charge in [-0.2, -0.15) is 0 Å². The van der Waals surface area contributed by atoms with E-state index in [1.165, 1.54) is 4.90 Å². The number of carbonyl (C=O) groups excluding carboxylic acids is 3. The molecule has 8 nitrogen and oxygen atoms in total. The zero-order chi connectivity index (χ0) is 26.6. The topological polar surface area (TPSA) is 105 Å². The Hall–Kier alpha value is -2.45. The number of benzene rings is 1. The van der Waals surface area contributed by atoms with Gasteiger partial charge in [-0.1, -0.05) is 39.3 Å². The van der Waals surface area contributed by atoms with Crippen LogP contribution in [0.15, 0.2) is 18.2 Å². The number of hydrogen-bond acceptors (Lipinski definition) is 6. The lowest BCUT2D eigenvalue weighted by Crippen LogP contribution is -2.57. The second kappa shape index (κ2) is 9.45. The molecule has 1 spiro atoms. The van der Waals surface area contributed by atoms with E-state index < -0.39 is 41.1 Å². The Kier molecular flexibility index (Phi) is 6.99. The number of hydrogen-bond donors (Lipinski definition) is 2. The second-order valence-corrected chi connectivity index (χ2v) is 11.1. The number of amides is 2. The minimum atomic E-state index is -1.18. The van der Waals surface area contributed by atoms with Gasteiger partial charge in [-0.3, -0.25) is 14.4 Å². The number of nitrogens with one attached hydrogen (secondary N) is 1. The molecule has 3 aliphatic heterocycles. The van der Waals surface area contributed by atoms with Crippen LogP contribution in [-0.2, 0) is 23.9 Å². The number of esters is 1. The van der Waals surface area contributed by atoms with Gasteiger partial charge in [0.2, 0.25) is 11.8 Å². The Morgan fingerprint density at radius 1 is 1.31 bits per heavy atom. The van der Waals surface area contributed by atoms with Crippen LogP contribution in [0.3, 0.4) is 0 Å². The highest BCUT2D eigenvalue weighted by molar-refractivity contribution is 6.04. The minimum Gasteiger partial charge on any atom is -0.466 e. The molecule has 2 bridgehead atoms. The fourth-order valence-corrected chi connectivity index (χ4v) is 6.81. The lowest BCUT2D eigenvalue weighted by Gasteiger charge is -2.39. The van der Waals surface area contributed by atoms with E-state index >= 15 is 0 Å². The lowest BCUT2D eigenvalue weighted by molar-refractivity contribution is -0.162. The SMILES string of the molecule is CCOC(=O)[C@H]1[C@H]2C(=O)N([C@@H](CO)[C@@H](C)CC)C(C(=O)Nc3cc(C)ccc3C)C23CC(C)[C@]1(C)O3. The van der Waals surface area contributed by atoms with Crippen LogP contribution in [0.4, 0.5) is 5.69 Å². The third kappa shape index (κ3) is 3.76. The van der Waals surface area contributed by atoms with Gasteiger partial charge in [0.25, 0.3) is 0 Å². The zero-order valence-corrected chi connectivity index (χ0v) is 22.5. The highest BCUT2D eigenvalue weighted by Crippen LogP contribution is 2.65. The molecule has 0 saturated carbocycles. The molecule has 2 amide bonds. The Bertz CT molecular complexity index is 1060. The second-order valence-electron chi connectivity index (χ2n) is 11.1. The van der Waals surface area contributed by atoms with E-state index in [4.69, 9.17) is 9.47 Å². The minimum absolute atomic E-state index is 0.0589. The standard InChI is InChI=1S/C28H40N2O6/c1-8-16(4)20(14-31)30-23(24(32)29-19-12-15(3)10-11-17(19)5)28-13-18(6)27(7,36-28)22(21(28)25(30)33)26(34)35-9-2/h10-12,16,18,20-23,31H,8-9,13-14H2,1-7H3,(H,29,32)/t16-,18?,20-,21-,22+,23?,27-,28?/m0/s1. The van der Waals surface area contributed by atoms with Gasteiger partial charge in [0.05, 0.1) is 30.8 Å². The summed E-state index contributed by atoms with van der Waals surface area (Å²) in [6, 6.07) is 4.26. The number of ether oxygens (including phenoxy) is 2. The molecule has 3 saturated heterocycles. The molecule has 0 aromatic heterocycles. The highest BCUT2D eigenvalue weighted by atomic mass is 16.6. The van der Waals surface area contributed by atoms with Crippen molar-refractivity contribution < 1.29 is 29.0 Å². The first-order chi connectivity index (χ1) is 17.0. The summed E-state index contributed by atoms with van der Waals surface area (Å²) in [6.45, 7) is 13.3. The van der Waals surface area contributed by atoms with Crippen LogP contribution in [-0.4, -0.2) is 64.3 Å². The number of aryl methyl sites for hydroxylation is 2. The first-order valence-corrected chi connectivity index (χ1v) is 13.1. The normalized spacial score (nSPS) is 34.4. The van der Waals surface area contributed by atoms with Crippen molar-refractivity contribution in [2.45, 2.75) is 84.6 Å². The van der Waals surface area contributed by atoms with E-state index in [0.717, 1.165) is 11.1 Å². The van der Waals surface area contributed by atoms with E-state index in [1.54, 1.807) is 6.92 Å². The number of anilines is 1. The predicted molar refractivity (Wildman–Crippen MR) is 135 cm³/mol. The molecule has 0 aliphatic carbocycles. The molecule has 0 radical (unpaired) electrons. The summed E-state index contributed by atoms with van der Waals surface area (Å²) in [7, 11) is 0. The molecule has 4 rings (SSSR count). The van der Waals surface area contributed by atoms with Crippen molar-refractivity contribution in [2.75, 3.05) is 18.5 Å². The molecule has 8 heteroatoms. The van der Waals surface area contributed by atoms with Crippen molar-refractivity contribution >= 4 is 23.5 Å². The van der Waals surface area contributed by atoms with Gasteiger partial charge in [-0.25, -0.2) is 0 Å². The van der Waals surface area contributed by atoms with Crippen LogP contribution in [0.1, 0.15) is 58.6 Å². The van der Waals surface area contributed by atoms with Crippen LogP contribution < -0.4 is 5.32 Å². The number of likely N-dealkylation sites (tertiary alicyclic amines) is 1. The Morgan fingerprint density at radius 2 is 2.00 bits per heavy atom. The van der Waals surface area contributed by atoms with E-state index in [1.807, 2.05) is 59.7 Å². The van der Waals surface area contributed by atoms with Crippen LogP contribution in [0, 0.1) is 37.5 Å². The van der Waals surface area contributed by atoms with Crippen molar-refractivity contribution in [2.24, 2.45) is 23.7 Å². The van der Waals surface area contributed by atoms with Gasteiger partial charge >= 0.3 is 5.97 Å². The highest BCUT2D eigenvalue weighted by Gasteiger charge is 2.80. The number of aliphatic hydroxyl groups is 1. The average Bonchev–Trinajstić information content (AvgIpc) is 3.34. The maximum atomic E-state index is 14.2. The first kappa shape index (κ1) is 26.6. The number of nitrogens with zero attached hydrogens (tertiary/aromatic N) is 1. The third-order valence-electron chi connectivity index (χ3n) is 9.04. The fourth-order valence-electron chi connectivity index (χ4n) is 6.81. The van der Waals surface area contributed by atoms with Gasteiger partial charge in [0.1, 0.15) is 17.6 Å². The smallest absolute Gasteiger partial charge is 0.312 e. The molecule has 198 valence electrons. The molecule has 36 heavy (non-hydrogen) atoms. The van der Waals surface area contributed by atoms with E-state index in [9.17, 15) is 19.5 Å². The van der Waals surface area contributed by atoms with Crippen LogP contribution >= 0.6 is 0 Å². The van der Waals surface area contributed by atoms with Crippen molar-refractivity contribution in [3.63, 3.8) is 0 Å². The fraction of sp³-hybridized carbons (Fsp3) is 0.679. The summed E-state index contributed by atoms with van der Waals surface area (Å²) in [4.78, 5) is 43.1. The van der Waals surface area contributed by atoms with Crippen LogP contribution in [0.25, 0.3) is 0 Å². The quantitative estimate of drug-likeness (QED) is 0.531. The van der Waals surface area contributed by atoms with Crippen molar-refractivity contribution in [3.05, 3.63) is 29.3 Å². The Balaban J connectivity index is 1.84. The Morgan fingerprint density at radius 3 is 2.61 bits per heavy atom. The summed E-state index contributed by atoms with van der Waals surface area (Å²) < 4.78 is 12.1. The molecule has 8 atom stereocenters. The van der Waals surface area contributed by atoms with Crippen molar-refractivity contribution in [1.82, 2.24) is 4.90 Å². The molecule has 3 aliphatic rings. The first-order valence-electron chi connectivity index (χ1n) is 13.1.